The molecule has 0 saturated heterocycles. The highest BCUT2D eigenvalue weighted by Crippen LogP contribution is 2.27. The first kappa shape index (κ1) is 13.7. The highest BCUT2D eigenvalue weighted by molar-refractivity contribution is 9.11. The highest BCUT2D eigenvalue weighted by atomic mass is 79.9. The Morgan fingerprint density at radius 1 is 1.06 bits per heavy atom. The average molecular weight is 392 g/mol. The minimum Gasteiger partial charge on any atom is -0.289 e. The van der Waals surface area contributed by atoms with E-state index in [1.165, 1.54) is 12.1 Å². The van der Waals surface area contributed by atoms with Crippen LogP contribution >= 0.6 is 43.5 Å². The number of hydrogen-bond acceptors (Lipinski definition) is 1. The van der Waals surface area contributed by atoms with Crippen LogP contribution in [0.2, 0.25) is 5.02 Å². The van der Waals surface area contributed by atoms with Crippen molar-refractivity contribution < 1.29 is 9.18 Å². The molecule has 0 N–H and O–H groups in total. The fraction of sp³-hybridized carbons (Fsp3) is 0. The number of ketones is 1. The summed E-state index contributed by atoms with van der Waals surface area (Å²) in [5, 5.41) is 0.230. The van der Waals surface area contributed by atoms with Crippen LogP contribution in [0, 0.1) is 5.82 Å². The van der Waals surface area contributed by atoms with Crippen LogP contribution in [0.5, 0.6) is 0 Å². The lowest BCUT2D eigenvalue weighted by atomic mass is 10.0. The summed E-state index contributed by atoms with van der Waals surface area (Å²) >= 11 is 12.5. The minimum absolute atomic E-state index is 0.149. The monoisotopic (exact) mass is 390 g/mol. The van der Waals surface area contributed by atoms with Gasteiger partial charge >= 0.3 is 0 Å². The zero-order valence-corrected chi connectivity index (χ0v) is 12.8. The largest absolute Gasteiger partial charge is 0.289 e. The number of carbonyl (C=O) groups is 1. The lowest BCUT2D eigenvalue weighted by Gasteiger charge is -2.06. The first-order chi connectivity index (χ1) is 8.49. The zero-order valence-electron chi connectivity index (χ0n) is 8.88. The Hall–Kier alpha value is -0.710. The predicted molar refractivity (Wildman–Crippen MR) is 76.7 cm³/mol. The van der Waals surface area contributed by atoms with E-state index >= 15 is 0 Å². The maximum atomic E-state index is 13.2. The van der Waals surface area contributed by atoms with E-state index in [0.29, 0.717) is 10.0 Å². The Labute approximate surface area is 125 Å². The van der Waals surface area contributed by atoms with E-state index in [0.717, 1.165) is 10.5 Å². The first-order valence-electron chi connectivity index (χ1n) is 4.94. The van der Waals surface area contributed by atoms with Crippen molar-refractivity contribution >= 4 is 49.2 Å². The van der Waals surface area contributed by atoms with Gasteiger partial charge in [0.25, 0.3) is 0 Å². The van der Waals surface area contributed by atoms with Crippen LogP contribution in [0.25, 0.3) is 0 Å². The molecule has 0 unspecified atom stereocenters. The molecule has 0 aliphatic carbocycles. The lowest BCUT2D eigenvalue weighted by molar-refractivity contribution is 0.103. The summed E-state index contributed by atoms with van der Waals surface area (Å²) in [5.41, 5.74) is 0.576. The highest BCUT2D eigenvalue weighted by Gasteiger charge is 2.16. The molecule has 0 fully saturated rings. The maximum absolute atomic E-state index is 13.2. The van der Waals surface area contributed by atoms with Crippen LogP contribution < -0.4 is 0 Å². The van der Waals surface area contributed by atoms with Crippen molar-refractivity contribution in [2.45, 2.75) is 0 Å². The molecule has 0 bridgehead atoms. The van der Waals surface area contributed by atoms with E-state index in [1.54, 1.807) is 18.2 Å². The Morgan fingerprint density at radius 2 is 1.78 bits per heavy atom. The molecule has 0 aliphatic heterocycles. The summed E-state index contributed by atoms with van der Waals surface area (Å²) in [4.78, 5) is 12.3. The summed E-state index contributed by atoms with van der Waals surface area (Å²) in [6.07, 6.45) is 0. The average Bonchev–Trinajstić information content (AvgIpc) is 2.34. The van der Waals surface area contributed by atoms with E-state index in [1.807, 2.05) is 0 Å². The molecule has 0 aliphatic rings. The van der Waals surface area contributed by atoms with Gasteiger partial charge in [-0.05, 0) is 36.4 Å². The van der Waals surface area contributed by atoms with Crippen LogP contribution in [0.3, 0.4) is 0 Å². The summed E-state index contributed by atoms with van der Waals surface area (Å²) in [5.74, 6) is -0.818. The van der Waals surface area contributed by atoms with E-state index < -0.39 is 5.82 Å². The second-order valence-electron chi connectivity index (χ2n) is 3.58. The predicted octanol–water partition coefficient (Wildman–Crippen LogP) is 5.24. The quantitative estimate of drug-likeness (QED) is 0.639. The molecule has 0 heterocycles. The fourth-order valence-electron chi connectivity index (χ4n) is 1.49. The van der Waals surface area contributed by atoms with Gasteiger partial charge in [0.2, 0.25) is 0 Å². The molecule has 1 nitrogen and oxygen atoms in total. The Morgan fingerprint density at radius 3 is 2.50 bits per heavy atom. The van der Waals surface area contributed by atoms with Gasteiger partial charge in [-0.25, -0.2) is 4.39 Å². The van der Waals surface area contributed by atoms with Crippen LogP contribution in [0.15, 0.2) is 45.3 Å². The van der Waals surface area contributed by atoms with E-state index in [-0.39, 0.29) is 16.4 Å². The molecule has 0 saturated carbocycles. The minimum atomic E-state index is -0.492. The van der Waals surface area contributed by atoms with Crippen LogP contribution in [-0.4, -0.2) is 5.78 Å². The first-order valence-corrected chi connectivity index (χ1v) is 6.90. The van der Waals surface area contributed by atoms with Gasteiger partial charge in [0.1, 0.15) is 5.82 Å². The van der Waals surface area contributed by atoms with Crippen LogP contribution in [0.1, 0.15) is 15.9 Å². The Balaban J connectivity index is 2.54. The summed E-state index contributed by atoms with van der Waals surface area (Å²) < 4.78 is 14.6. The van der Waals surface area contributed by atoms with Crippen LogP contribution in [-0.2, 0) is 0 Å². The van der Waals surface area contributed by atoms with E-state index in [4.69, 9.17) is 11.6 Å². The molecule has 18 heavy (non-hydrogen) atoms. The Kier molecular flexibility index (Phi) is 4.20. The number of hydrogen-bond donors (Lipinski definition) is 0. The van der Waals surface area contributed by atoms with Crippen molar-refractivity contribution in [3.05, 3.63) is 67.3 Å². The van der Waals surface area contributed by atoms with Gasteiger partial charge in [0, 0.05) is 20.1 Å². The van der Waals surface area contributed by atoms with Crippen molar-refractivity contribution in [3.63, 3.8) is 0 Å². The molecular weight excluding hydrogens is 386 g/mol. The van der Waals surface area contributed by atoms with Gasteiger partial charge in [-0.3, -0.25) is 4.79 Å². The normalized spacial score (nSPS) is 10.4. The topological polar surface area (TPSA) is 17.1 Å². The van der Waals surface area contributed by atoms with Crippen molar-refractivity contribution in [1.29, 1.82) is 0 Å². The molecule has 0 spiro atoms. The third-order valence-corrected chi connectivity index (χ3v) is 3.86. The van der Waals surface area contributed by atoms with Gasteiger partial charge in [-0.2, -0.15) is 0 Å². The number of rotatable bonds is 2. The van der Waals surface area contributed by atoms with Gasteiger partial charge in [-0.1, -0.05) is 43.5 Å². The van der Waals surface area contributed by atoms with Crippen molar-refractivity contribution in [3.8, 4) is 0 Å². The molecule has 92 valence electrons. The fourth-order valence-corrected chi connectivity index (χ4v) is 2.48. The standard InChI is InChI=1S/C13H6Br2ClFO/c14-7-1-3-11(15)9(5-7)13(18)10-6-8(17)2-4-12(10)16/h1-6H. The summed E-state index contributed by atoms with van der Waals surface area (Å²) in [6, 6.07) is 8.93. The van der Waals surface area contributed by atoms with Gasteiger partial charge in [0.05, 0.1) is 5.02 Å². The third-order valence-electron chi connectivity index (χ3n) is 2.35. The van der Waals surface area contributed by atoms with E-state index in [9.17, 15) is 9.18 Å². The second-order valence-corrected chi connectivity index (χ2v) is 5.75. The SMILES string of the molecule is O=C(c1cc(F)ccc1Cl)c1cc(Br)ccc1Br. The number of carbonyl (C=O) groups excluding carboxylic acids is 1. The van der Waals surface area contributed by atoms with Gasteiger partial charge in [-0.15, -0.1) is 0 Å². The van der Waals surface area contributed by atoms with E-state index in [2.05, 4.69) is 31.9 Å². The second kappa shape index (κ2) is 5.51. The lowest BCUT2D eigenvalue weighted by Crippen LogP contribution is -2.04. The summed E-state index contributed by atoms with van der Waals surface area (Å²) in [7, 11) is 0. The molecule has 2 rings (SSSR count). The third kappa shape index (κ3) is 2.82. The number of halogens is 4. The molecule has 0 amide bonds. The maximum Gasteiger partial charge on any atom is 0.195 e. The molecule has 0 aromatic heterocycles. The van der Waals surface area contributed by atoms with Crippen molar-refractivity contribution in [1.82, 2.24) is 0 Å². The number of benzene rings is 2. The molecule has 2 aromatic carbocycles. The molecule has 0 atom stereocenters. The molecular formula is C13H6Br2ClFO. The van der Waals surface area contributed by atoms with Crippen molar-refractivity contribution in [2.24, 2.45) is 0 Å². The molecule has 5 heteroatoms. The summed E-state index contributed by atoms with van der Waals surface area (Å²) in [6.45, 7) is 0. The van der Waals surface area contributed by atoms with Crippen LogP contribution in [0.4, 0.5) is 4.39 Å². The van der Waals surface area contributed by atoms with Crippen molar-refractivity contribution in [2.75, 3.05) is 0 Å². The van der Waals surface area contributed by atoms with Gasteiger partial charge < -0.3 is 0 Å². The molecule has 2 aromatic rings. The molecule has 0 radical (unpaired) electrons. The Bertz CT molecular complexity index is 575. The smallest absolute Gasteiger partial charge is 0.195 e. The van der Waals surface area contributed by atoms with Gasteiger partial charge in [0.15, 0.2) is 5.78 Å². The zero-order chi connectivity index (χ0) is 13.3.